The molecule has 0 heterocycles. The van der Waals surface area contributed by atoms with Gasteiger partial charge < -0.3 is 10.8 Å². The van der Waals surface area contributed by atoms with Gasteiger partial charge in [0.25, 0.3) is 0 Å². The fraction of sp³-hybridized carbons (Fsp3) is 0.364. The van der Waals surface area contributed by atoms with E-state index in [1.54, 1.807) is 18.2 Å². The number of hydrogen-bond acceptors (Lipinski definition) is 3. The van der Waals surface area contributed by atoms with Gasteiger partial charge >= 0.3 is 0 Å². The van der Waals surface area contributed by atoms with E-state index in [4.69, 9.17) is 11.0 Å². The number of phenols is 1. The van der Waals surface area contributed by atoms with Gasteiger partial charge in [0.1, 0.15) is 11.8 Å². The number of hydrogen-bond donors (Lipinski definition) is 2. The normalized spacial score (nSPS) is 12.5. The maximum absolute atomic E-state index is 9.71. The van der Waals surface area contributed by atoms with Crippen LogP contribution in [0.4, 0.5) is 0 Å². The van der Waals surface area contributed by atoms with Gasteiger partial charge in [-0.15, -0.1) is 0 Å². The molecule has 0 aliphatic heterocycles. The molecule has 0 aliphatic carbocycles. The standard InChI is InChI=1S/C11H14N2O/c1-7(2)10(13)9-5-3-4-8(6-12)11(9)14/h3-5,7,10,14H,13H2,1-2H3/t10-/m0/s1. The van der Waals surface area contributed by atoms with Gasteiger partial charge in [-0.2, -0.15) is 5.26 Å². The van der Waals surface area contributed by atoms with E-state index in [-0.39, 0.29) is 23.3 Å². The van der Waals surface area contributed by atoms with Crippen LogP contribution in [0.15, 0.2) is 18.2 Å². The Kier molecular flexibility index (Phi) is 3.10. The molecule has 0 aromatic heterocycles. The fourth-order valence-corrected chi connectivity index (χ4v) is 1.28. The minimum absolute atomic E-state index is 0.0104. The van der Waals surface area contributed by atoms with Gasteiger partial charge in [-0.1, -0.05) is 26.0 Å². The van der Waals surface area contributed by atoms with Crippen LogP contribution < -0.4 is 5.73 Å². The molecular formula is C11H14N2O. The van der Waals surface area contributed by atoms with Crippen molar-refractivity contribution < 1.29 is 5.11 Å². The maximum atomic E-state index is 9.71. The van der Waals surface area contributed by atoms with Crippen molar-refractivity contribution in [1.29, 1.82) is 5.26 Å². The third kappa shape index (κ3) is 1.86. The van der Waals surface area contributed by atoms with Crippen molar-refractivity contribution in [2.24, 2.45) is 11.7 Å². The zero-order valence-electron chi connectivity index (χ0n) is 8.36. The highest BCUT2D eigenvalue weighted by Crippen LogP contribution is 2.29. The minimum atomic E-state index is -0.233. The summed E-state index contributed by atoms with van der Waals surface area (Å²) >= 11 is 0. The number of nitriles is 1. The summed E-state index contributed by atoms with van der Waals surface area (Å²) in [6, 6.07) is 6.75. The van der Waals surface area contributed by atoms with Gasteiger partial charge in [-0.25, -0.2) is 0 Å². The summed E-state index contributed by atoms with van der Waals surface area (Å²) in [6.45, 7) is 3.95. The molecular weight excluding hydrogens is 176 g/mol. The molecule has 74 valence electrons. The van der Waals surface area contributed by atoms with Crippen LogP contribution in [0.25, 0.3) is 0 Å². The Bertz CT molecular complexity index is 366. The van der Waals surface area contributed by atoms with Gasteiger partial charge in [0.2, 0.25) is 0 Å². The van der Waals surface area contributed by atoms with Crippen LogP contribution in [0.1, 0.15) is 31.0 Å². The van der Waals surface area contributed by atoms with E-state index in [2.05, 4.69) is 0 Å². The minimum Gasteiger partial charge on any atom is -0.506 e. The lowest BCUT2D eigenvalue weighted by molar-refractivity contribution is 0.438. The highest BCUT2D eigenvalue weighted by molar-refractivity contribution is 5.48. The molecule has 0 unspecified atom stereocenters. The largest absolute Gasteiger partial charge is 0.506 e. The third-order valence-electron chi connectivity index (χ3n) is 2.27. The Morgan fingerprint density at radius 3 is 2.57 bits per heavy atom. The van der Waals surface area contributed by atoms with Crippen LogP contribution in [0.5, 0.6) is 5.75 Å². The summed E-state index contributed by atoms with van der Waals surface area (Å²) in [5.74, 6) is 0.242. The van der Waals surface area contributed by atoms with Crippen molar-refractivity contribution >= 4 is 0 Å². The molecule has 3 nitrogen and oxygen atoms in total. The van der Waals surface area contributed by atoms with Crippen molar-refractivity contribution in [2.75, 3.05) is 0 Å². The summed E-state index contributed by atoms with van der Waals surface area (Å²) < 4.78 is 0. The summed E-state index contributed by atoms with van der Waals surface area (Å²) in [6.07, 6.45) is 0. The quantitative estimate of drug-likeness (QED) is 0.748. The van der Waals surface area contributed by atoms with E-state index < -0.39 is 0 Å². The Morgan fingerprint density at radius 2 is 2.07 bits per heavy atom. The molecule has 1 rings (SSSR count). The van der Waals surface area contributed by atoms with E-state index in [9.17, 15) is 5.11 Å². The molecule has 3 N–H and O–H groups in total. The van der Waals surface area contributed by atoms with Crippen LogP contribution in [0.2, 0.25) is 0 Å². The Balaban J connectivity index is 3.17. The Labute approximate surface area is 83.8 Å². The number of benzene rings is 1. The van der Waals surface area contributed by atoms with Crippen LogP contribution in [0.3, 0.4) is 0 Å². The topological polar surface area (TPSA) is 70.0 Å². The zero-order chi connectivity index (χ0) is 10.7. The lowest BCUT2D eigenvalue weighted by atomic mass is 9.95. The highest BCUT2D eigenvalue weighted by Gasteiger charge is 2.16. The average Bonchev–Trinajstić information content (AvgIpc) is 2.17. The molecule has 3 heteroatoms. The predicted octanol–water partition coefficient (Wildman–Crippen LogP) is 1.92. The van der Waals surface area contributed by atoms with Gasteiger partial charge in [-0.05, 0) is 12.0 Å². The molecule has 0 spiro atoms. The van der Waals surface area contributed by atoms with Crippen molar-refractivity contribution in [1.82, 2.24) is 0 Å². The molecule has 0 bridgehead atoms. The molecule has 0 fully saturated rings. The molecule has 0 radical (unpaired) electrons. The van der Waals surface area contributed by atoms with Crippen molar-refractivity contribution in [2.45, 2.75) is 19.9 Å². The van der Waals surface area contributed by atoms with Crippen molar-refractivity contribution in [3.63, 3.8) is 0 Å². The molecule has 0 aliphatic rings. The SMILES string of the molecule is CC(C)[C@H](N)c1cccc(C#N)c1O. The summed E-state index contributed by atoms with van der Waals surface area (Å²) in [5.41, 5.74) is 6.81. The summed E-state index contributed by atoms with van der Waals surface area (Å²) in [7, 11) is 0. The first-order valence-electron chi connectivity index (χ1n) is 4.55. The van der Waals surface area contributed by atoms with Crippen LogP contribution in [-0.4, -0.2) is 5.11 Å². The van der Waals surface area contributed by atoms with Crippen LogP contribution in [0, 0.1) is 17.2 Å². The van der Waals surface area contributed by atoms with Gasteiger partial charge in [0.05, 0.1) is 5.56 Å². The second kappa shape index (κ2) is 4.12. The number of aromatic hydroxyl groups is 1. The number of para-hydroxylation sites is 1. The molecule has 1 aromatic rings. The number of nitrogens with two attached hydrogens (primary N) is 1. The van der Waals surface area contributed by atoms with Crippen LogP contribution in [-0.2, 0) is 0 Å². The van der Waals surface area contributed by atoms with Crippen molar-refractivity contribution in [3.05, 3.63) is 29.3 Å². The second-order valence-electron chi connectivity index (χ2n) is 3.63. The van der Waals surface area contributed by atoms with E-state index in [1.807, 2.05) is 19.9 Å². The number of rotatable bonds is 2. The summed E-state index contributed by atoms with van der Waals surface area (Å²) in [4.78, 5) is 0. The molecule has 0 saturated carbocycles. The first kappa shape index (κ1) is 10.6. The van der Waals surface area contributed by atoms with Gasteiger partial charge in [0.15, 0.2) is 0 Å². The first-order valence-corrected chi connectivity index (χ1v) is 4.55. The Hall–Kier alpha value is -1.53. The van der Waals surface area contributed by atoms with Crippen molar-refractivity contribution in [3.8, 4) is 11.8 Å². The predicted molar refractivity (Wildman–Crippen MR) is 54.6 cm³/mol. The monoisotopic (exact) mass is 190 g/mol. The van der Waals surface area contributed by atoms with Crippen LogP contribution >= 0.6 is 0 Å². The van der Waals surface area contributed by atoms with E-state index in [0.717, 1.165) is 0 Å². The zero-order valence-corrected chi connectivity index (χ0v) is 8.36. The molecule has 1 atom stereocenters. The molecule has 0 amide bonds. The Morgan fingerprint density at radius 1 is 1.43 bits per heavy atom. The van der Waals surface area contributed by atoms with E-state index in [1.165, 1.54) is 0 Å². The molecule has 14 heavy (non-hydrogen) atoms. The first-order chi connectivity index (χ1) is 6.57. The smallest absolute Gasteiger partial charge is 0.138 e. The van der Waals surface area contributed by atoms with E-state index in [0.29, 0.717) is 5.56 Å². The van der Waals surface area contributed by atoms with E-state index >= 15 is 0 Å². The average molecular weight is 190 g/mol. The second-order valence-corrected chi connectivity index (χ2v) is 3.63. The number of phenolic OH excluding ortho intramolecular Hbond substituents is 1. The lowest BCUT2D eigenvalue weighted by Crippen LogP contribution is -2.16. The lowest BCUT2D eigenvalue weighted by Gasteiger charge is -2.17. The van der Waals surface area contributed by atoms with Gasteiger partial charge in [0, 0.05) is 11.6 Å². The maximum Gasteiger partial charge on any atom is 0.138 e. The fourth-order valence-electron chi connectivity index (χ4n) is 1.28. The highest BCUT2D eigenvalue weighted by atomic mass is 16.3. The van der Waals surface area contributed by atoms with Gasteiger partial charge in [-0.3, -0.25) is 0 Å². The third-order valence-corrected chi connectivity index (χ3v) is 2.27. The summed E-state index contributed by atoms with van der Waals surface area (Å²) in [5, 5.41) is 18.4. The molecule has 1 aromatic carbocycles. The number of nitrogens with zero attached hydrogens (tertiary/aromatic N) is 1. The molecule has 0 saturated heterocycles.